The summed E-state index contributed by atoms with van der Waals surface area (Å²) in [5.41, 5.74) is -0.931. The van der Waals surface area contributed by atoms with Gasteiger partial charge in [-0.3, -0.25) is 4.79 Å². The molecule has 1 amide bonds. The Bertz CT molecular complexity index is 565. The first-order valence-electron chi connectivity index (χ1n) is 5.38. The second-order valence-electron chi connectivity index (χ2n) is 4.15. The molecule has 0 saturated carbocycles. The van der Waals surface area contributed by atoms with Gasteiger partial charge in [0.1, 0.15) is 6.07 Å². The van der Waals surface area contributed by atoms with Gasteiger partial charge >= 0.3 is 6.18 Å². The van der Waals surface area contributed by atoms with Crippen molar-refractivity contribution in [1.82, 2.24) is 0 Å². The van der Waals surface area contributed by atoms with Gasteiger partial charge in [-0.1, -0.05) is 0 Å². The second-order valence-corrected chi connectivity index (χ2v) is 4.76. The fraction of sp³-hybridized carbons (Fsp3) is 0.333. The van der Waals surface area contributed by atoms with Crippen molar-refractivity contribution in [3.05, 3.63) is 29.3 Å². The molecule has 1 aliphatic heterocycles. The van der Waals surface area contributed by atoms with Crippen molar-refractivity contribution in [2.24, 2.45) is 0 Å². The predicted octanol–water partition coefficient (Wildman–Crippen LogP) is 2.92. The lowest BCUT2D eigenvalue weighted by atomic mass is 10.1. The van der Waals surface area contributed by atoms with E-state index in [1.165, 1.54) is 4.90 Å². The Morgan fingerprint density at radius 2 is 2.11 bits per heavy atom. The van der Waals surface area contributed by atoms with Gasteiger partial charge in [0.25, 0.3) is 0 Å². The summed E-state index contributed by atoms with van der Waals surface area (Å²) in [7, 11) is 0. The fourth-order valence-electron chi connectivity index (χ4n) is 1.93. The van der Waals surface area contributed by atoms with Crippen molar-refractivity contribution in [3.8, 4) is 6.07 Å². The molecule has 1 aromatic carbocycles. The van der Waals surface area contributed by atoms with E-state index in [9.17, 15) is 18.0 Å². The average molecular weight is 289 g/mol. The number of nitrogens with zero attached hydrogens (tertiary/aromatic N) is 2. The molecule has 100 valence electrons. The summed E-state index contributed by atoms with van der Waals surface area (Å²) in [6.45, 7) is 0.195. The van der Waals surface area contributed by atoms with E-state index in [1.54, 1.807) is 6.07 Å². The quantitative estimate of drug-likeness (QED) is 0.746. The minimum absolute atomic E-state index is 0.118. The third-order valence-electron chi connectivity index (χ3n) is 2.81. The number of hydrogen-bond acceptors (Lipinski definition) is 2. The number of benzene rings is 1. The highest BCUT2D eigenvalue weighted by Gasteiger charge is 2.34. The first-order valence-corrected chi connectivity index (χ1v) is 5.82. The van der Waals surface area contributed by atoms with Crippen LogP contribution in [0.1, 0.15) is 17.5 Å². The third-order valence-corrected chi connectivity index (χ3v) is 3.11. The number of hydrogen-bond donors (Lipinski definition) is 0. The molecule has 1 saturated heterocycles. The molecule has 1 aromatic rings. The summed E-state index contributed by atoms with van der Waals surface area (Å²) in [6, 6.07) is 4.41. The molecular formula is C12H8ClF3N2O. The van der Waals surface area contributed by atoms with Crippen molar-refractivity contribution in [1.29, 1.82) is 5.26 Å². The van der Waals surface area contributed by atoms with E-state index in [2.05, 4.69) is 0 Å². The number of carbonyl (C=O) groups is 1. The smallest absolute Gasteiger partial charge is 0.310 e. The van der Waals surface area contributed by atoms with Crippen molar-refractivity contribution < 1.29 is 18.0 Å². The number of amides is 1. The molecule has 0 bridgehead atoms. The number of nitriles is 1. The Morgan fingerprint density at radius 1 is 1.42 bits per heavy atom. The summed E-state index contributed by atoms with van der Waals surface area (Å²) < 4.78 is 37.6. The molecule has 2 rings (SSSR count). The molecule has 0 radical (unpaired) electrons. The van der Waals surface area contributed by atoms with Gasteiger partial charge in [0.15, 0.2) is 0 Å². The fourth-order valence-corrected chi connectivity index (χ4v) is 2.20. The zero-order chi connectivity index (χ0) is 14.2. The third kappa shape index (κ3) is 2.66. The van der Waals surface area contributed by atoms with Crippen LogP contribution in [0, 0.1) is 11.3 Å². The van der Waals surface area contributed by atoms with Crippen LogP contribution in [0.2, 0.25) is 0 Å². The van der Waals surface area contributed by atoms with E-state index in [-0.39, 0.29) is 35.5 Å². The van der Waals surface area contributed by atoms with Gasteiger partial charge in [-0.05, 0) is 18.2 Å². The molecule has 1 atom stereocenters. The number of anilines is 1. The number of alkyl halides is 4. The number of carbonyl (C=O) groups excluding carboxylic acids is 1. The van der Waals surface area contributed by atoms with Crippen LogP contribution in [0.25, 0.3) is 0 Å². The minimum Gasteiger partial charge on any atom is -0.310 e. The lowest BCUT2D eigenvalue weighted by Gasteiger charge is -2.18. The Morgan fingerprint density at radius 3 is 2.58 bits per heavy atom. The van der Waals surface area contributed by atoms with E-state index < -0.39 is 11.7 Å². The lowest BCUT2D eigenvalue weighted by Crippen LogP contribution is -2.25. The molecule has 0 N–H and O–H groups in total. The molecule has 1 heterocycles. The van der Waals surface area contributed by atoms with Crippen LogP contribution in [-0.4, -0.2) is 17.8 Å². The minimum atomic E-state index is -4.52. The van der Waals surface area contributed by atoms with Gasteiger partial charge in [-0.25, -0.2) is 0 Å². The summed E-state index contributed by atoms with van der Waals surface area (Å²) in [5, 5.41) is 8.55. The van der Waals surface area contributed by atoms with E-state index in [0.29, 0.717) is 0 Å². The highest BCUT2D eigenvalue weighted by atomic mass is 35.5. The van der Waals surface area contributed by atoms with Gasteiger partial charge in [-0.15, -0.1) is 11.6 Å². The van der Waals surface area contributed by atoms with Gasteiger partial charge in [-0.2, -0.15) is 18.4 Å². The van der Waals surface area contributed by atoms with Crippen LogP contribution in [0.4, 0.5) is 18.9 Å². The van der Waals surface area contributed by atoms with Crippen molar-refractivity contribution in [2.75, 3.05) is 11.4 Å². The summed E-state index contributed by atoms with van der Waals surface area (Å²) in [6.07, 6.45) is -4.40. The SMILES string of the molecule is N#Cc1cc(C(F)(F)F)ccc1N1CC(Cl)CC1=O. The van der Waals surface area contributed by atoms with Crippen LogP contribution in [0.15, 0.2) is 18.2 Å². The van der Waals surface area contributed by atoms with Gasteiger partial charge in [0.2, 0.25) is 5.91 Å². The second kappa shape index (κ2) is 4.74. The summed E-state index contributed by atoms with van der Waals surface area (Å²) in [4.78, 5) is 12.9. The molecule has 1 fully saturated rings. The van der Waals surface area contributed by atoms with Crippen LogP contribution in [0.5, 0.6) is 0 Å². The van der Waals surface area contributed by atoms with E-state index >= 15 is 0 Å². The molecule has 3 nitrogen and oxygen atoms in total. The standard InChI is InChI=1S/C12H8ClF3N2O/c13-9-4-11(19)18(6-9)10-2-1-8(12(14,15)16)3-7(10)5-17/h1-3,9H,4,6H2. The van der Waals surface area contributed by atoms with Crippen LogP contribution >= 0.6 is 11.6 Å². The molecule has 19 heavy (non-hydrogen) atoms. The van der Waals surface area contributed by atoms with E-state index in [4.69, 9.17) is 16.9 Å². The average Bonchev–Trinajstić information content (AvgIpc) is 2.66. The monoisotopic (exact) mass is 288 g/mol. The lowest BCUT2D eigenvalue weighted by molar-refractivity contribution is -0.137. The Kier molecular flexibility index (Phi) is 3.42. The highest BCUT2D eigenvalue weighted by Crippen LogP contribution is 2.34. The Labute approximate surface area is 112 Å². The first-order chi connectivity index (χ1) is 8.82. The molecule has 0 aromatic heterocycles. The molecule has 1 aliphatic rings. The first kappa shape index (κ1) is 13.7. The number of halogens is 4. The summed E-state index contributed by atoms with van der Waals surface area (Å²) >= 11 is 5.83. The van der Waals surface area contributed by atoms with Gasteiger partial charge < -0.3 is 4.90 Å². The summed E-state index contributed by atoms with van der Waals surface area (Å²) in [5.74, 6) is -0.295. The Balaban J connectivity index is 2.43. The molecule has 0 aliphatic carbocycles. The van der Waals surface area contributed by atoms with Crippen molar-refractivity contribution >= 4 is 23.2 Å². The van der Waals surface area contributed by atoms with Crippen molar-refractivity contribution in [2.45, 2.75) is 18.0 Å². The molecule has 0 spiro atoms. The van der Waals surface area contributed by atoms with Crippen LogP contribution < -0.4 is 4.90 Å². The Hall–Kier alpha value is -1.74. The highest BCUT2D eigenvalue weighted by molar-refractivity contribution is 6.24. The van der Waals surface area contributed by atoms with E-state index in [0.717, 1.165) is 18.2 Å². The van der Waals surface area contributed by atoms with Gasteiger partial charge in [0.05, 0.1) is 22.2 Å². The number of rotatable bonds is 1. The largest absolute Gasteiger partial charge is 0.416 e. The normalized spacial score (nSPS) is 19.6. The van der Waals surface area contributed by atoms with Crippen molar-refractivity contribution in [3.63, 3.8) is 0 Å². The zero-order valence-electron chi connectivity index (χ0n) is 9.54. The topological polar surface area (TPSA) is 44.1 Å². The molecular weight excluding hydrogens is 281 g/mol. The maximum Gasteiger partial charge on any atom is 0.416 e. The molecule has 7 heteroatoms. The maximum absolute atomic E-state index is 12.5. The van der Waals surface area contributed by atoms with Crippen LogP contribution in [0.3, 0.4) is 0 Å². The zero-order valence-corrected chi connectivity index (χ0v) is 10.3. The predicted molar refractivity (Wildman–Crippen MR) is 62.8 cm³/mol. The van der Waals surface area contributed by atoms with Crippen LogP contribution in [-0.2, 0) is 11.0 Å². The maximum atomic E-state index is 12.5. The molecule has 1 unspecified atom stereocenters. The van der Waals surface area contributed by atoms with E-state index in [1.807, 2.05) is 0 Å². The van der Waals surface area contributed by atoms with Gasteiger partial charge in [0, 0.05) is 13.0 Å².